The van der Waals surface area contributed by atoms with E-state index in [1.165, 1.54) is 0 Å². The summed E-state index contributed by atoms with van der Waals surface area (Å²) in [5, 5.41) is -0.566. The van der Waals surface area contributed by atoms with Crippen LogP contribution in [-0.2, 0) is 16.3 Å². The molecule has 0 amide bonds. The molecular weight excluding hydrogens is 340 g/mol. The van der Waals surface area contributed by atoms with Crippen molar-refractivity contribution in [2.75, 3.05) is 0 Å². The van der Waals surface area contributed by atoms with Crippen LogP contribution in [0, 0.1) is 0 Å². The fourth-order valence-corrected chi connectivity index (χ4v) is 2.01. The van der Waals surface area contributed by atoms with Gasteiger partial charge in [-0.1, -0.05) is 12.1 Å². The molecule has 1 heterocycles. The van der Waals surface area contributed by atoms with E-state index in [0.29, 0.717) is 12.3 Å². The van der Waals surface area contributed by atoms with Crippen LogP contribution in [-0.4, -0.2) is 18.9 Å². The number of nitrogens with zero attached hydrogens (tertiary/aromatic N) is 1. The predicted molar refractivity (Wildman–Crippen MR) is 62.3 cm³/mol. The average molecular weight is 345 g/mol. The molecule has 0 aliphatic carbocycles. The molecule has 0 aliphatic heterocycles. The van der Waals surface area contributed by atoms with Crippen molar-refractivity contribution < 1.29 is 38.9 Å². The molecule has 22 heavy (non-hydrogen) atoms. The molecule has 2 aromatic rings. The van der Waals surface area contributed by atoms with E-state index in [4.69, 9.17) is 0 Å². The fraction of sp³-hybridized carbons (Fsp3) is 0.182. The Kier molecular flexibility index (Phi) is 3.71. The van der Waals surface area contributed by atoms with Crippen LogP contribution in [0.3, 0.4) is 0 Å². The molecular formula is C11H5F6NO3S. The van der Waals surface area contributed by atoms with Gasteiger partial charge in [-0.3, -0.25) is 0 Å². The molecule has 11 heteroatoms. The Morgan fingerprint density at radius 2 is 1.68 bits per heavy atom. The summed E-state index contributed by atoms with van der Waals surface area (Å²) in [5.41, 5.74) is -6.72. The Hall–Kier alpha value is -2.04. The maximum absolute atomic E-state index is 12.7. The number of halogens is 6. The topological polar surface area (TPSA) is 56.3 Å². The summed E-state index contributed by atoms with van der Waals surface area (Å²) in [4.78, 5) is 3.18. The molecule has 0 fully saturated rings. The van der Waals surface area contributed by atoms with Gasteiger partial charge in [-0.25, -0.2) is 4.98 Å². The van der Waals surface area contributed by atoms with Gasteiger partial charge in [0.1, 0.15) is 0 Å². The second-order valence-electron chi connectivity index (χ2n) is 4.03. The van der Waals surface area contributed by atoms with Crippen LogP contribution in [0.2, 0.25) is 0 Å². The van der Waals surface area contributed by atoms with Crippen LogP contribution in [0.4, 0.5) is 26.3 Å². The van der Waals surface area contributed by atoms with Crippen LogP contribution >= 0.6 is 0 Å². The molecule has 0 atom stereocenters. The van der Waals surface area contributed by atoms with Crippen LogP contribution in [0.15, 0.2) is 30.5 Å². The highest BCUT2D eigenvalue weighted by molar-refractivity contribution is 7.87. The van der Waals surface area contributed by atoms with Crippen LogP contribution in [0.5, 0.6) is 5.88 Å². The number of pyridine rings is 1. The van der Waals surface area contributed by atoms with E-state index in [1.54, 1.807) is 0 Å². The van der Waals surface area contributed by atoms with Crippen LogP contribution in [0.1, 0.15) is 5.56 Å². The molecule has 0 aliphatic rings. The summed E-state index contributed by atoms with van der Waals surface area (Å²) < 4.78 is 100. The molecule has 0 N–H and O–H groups in total. The molecule has 1 aromatic carbocycles. The van der Waals surface area contributed by atoms with E-state index in [0.717, 1.165) is 18.2 Å². The molecule has 0 radical (unpaired) electrons. The zero-order valence-electron chi connectivity index (χ0n) is 10.2. The minimum atomic E-state index is -5.94. The summed E-state index contributed by atoms with van der Waals surface area (Å²) in [6.07, 6.45) is -4.10. The van der Waals surface area contributed by atoms with Crippen molar-refractivity contribution in [1.29, 1.82) is 0 Å². The second kappa shape index (κ2) is 5.00. The fourth-order valence-electron chi connectivity index (χ4n) is 1.60. The summed E-state index contributed by atoms with van der Waals surface area (Å²) in [6, 6.07) is 3.61. The Morgan fingerprint density at radius 3 is 2.23 bits per heavy atom. The van der Waals surface area contributed by atoms with Gasteiger partial charge in [0.15, 0.2) is 0 Å². The van der Waals surface area contributed by atoms with E-state index in [1.807, 2.05) is 0 Å². The number of rotatable bonds is 2. The first-order valence-corrected chi connectivity index (χ1v) is 6.79. The largest absolute Gasteiger partial charge is 0.534 e. The van der Waals surface area contributed by atoms with Crippen LogP contribution in [0.25, 0.3) is 10.8 Å². The number of aromatic nitrogens is 1. The van der Waals surface area contributed by atoms with E-state index in [-0.39, 0.29) is 5.39 Å². The smallest absolute Gasteiger partial charge is 0.355 e. The normalized spacial score (nSPS) is 13.4. The third-order valence-electron chi connectivity index (χ3n) is 2.52. The highest BCUT2D eigenvalue weighted by Gasteiger charge is 2.48. The number of fused-ring (bicyclic) bond motifs is 1. The highest BCUT2D eigenvalue weighted by Crippen LogP contribution is 2.35. The summed E-state index contributed by atoms with van der Waals surface area (Å²) in [7, 11) is -5.94. The van der Waals surface area contributed by atoms with Crippen LogP contribution < -0.4 is 4.18 Å². The van der Waals surface area contributed by atoms with Crippen molar-refractivity contribution in [2.45, 2.75) is 11.7 Å². The van der Waals surface area contributed by atoms with Gasteiger partial charge in [-0.05, 0) is 11.5 Å². The molecule has 0 spiro atoms. The monoisotopic (exact) mass is 345 g/mol. The highest BCUT2D eigenvalue weighted by atomic mass is 32.2. The van der Waals surface area contributed by atoms with Gasteiger partial charge >= 0.3 is 21.8 Å². The predicted octanol–water partition coefficient (Wildman–Crippen LogP) is 3.48. The number of benzene rings is 1. The Bertz CT molecular complexity index is 813. The van der Waals surface area contributed by atoms with E-state index in [9.17, 15) is 34.8 Å². The molecule has 0 unspecified atom stereocenters. The van der Waals surface area contributed by atoms with Crippen molar-refractivity contribution in [2.24, 2.45) is 0 Å². The molecule has 0 bridgehead atoms. The minimum Gasteiger partial charge on any atom is -0.355 e. The van der Waals surface area contributed by atoms with E-state index < -0.39 is 38.6 Å². The Labute approximate surface area is 119 Å². The summed E-state index contributed by atoms with van der Waals surface area (Å²) in [6.45, 7) is 0. The quantitative estimate of drug-likeness (QED) is 0.475. The second-order valence-corrected chi connectivity index (χ2v) is 5.57. The first-order valence-electron chi connectivity index (χ1n) is 5.38. The molecule has 1 aromatic heterocycles. The van der Waals surface area contributed by atoms with Crippen molar-refractivity contribution in [3.63, 3.8) is 0 Å². The standard InChI is InChI=1S/C11H5F6NO3S/c12-10(13,14)8-3-1-2-6-4-9(18-5-7(6)8)21-22(19,20)11(15,16)17/h1-5H. The van der Waals surface area contributed by atoms with E-state index in [2.05, 4.69) is 9.17 Å². The number of hydrogen-bond acceptors (Lipinski definition) is 4. The van der Waals surface area contributed by atoms with Gasteiger partial charge < -0.3 is 4.18 Å². The van der Waals surface area contributed by atoms with Gasteiger partial charge in [-0.2, -0.15) is 34.8 Å². The SMILES string of the molecule is O=S(=O)(Oc1cc2cccc(C(F)(F)F)c2cn1)C(F)(F)F. The third-order valence-corrected chi connectivity index (χ3v) is 3.48. The zero-order chi connectivity index (χ0) is 16.8. The first kappa shape index (κ1) is 16.3. The zero-order valence-corrected chi connectivity index (χ0v) is 11.1. The molecule has 0 saturated heterocycles. The lowest BCUT2D eigenvalue weighted by molar-refractivity contribution is -0.136. The van der Waals surface area contributed by atoms with E-state index >= 15 is 0 Å². The van der Waals surface area contributed by atoms with Crippen molar-refractivity contribution in [3.8, 4) is 5.88 Å². The van der Waals surface area contributed by atoms with Gasteiger partial charge in [0.05, 0.1) is 5.56 Å². The molecule has 2 rings (SSSR count). The summed E-state index contributed by atoms with van der Waals surface area (Å²) in [5.74, 6) is -0.982. The number of hydrogen-bond donors (Lipinski definition) is 0. The average Bonchev–Trinajstić information content (AvgIpc) is 2.34. The summed E-state index contributed by atoms with van der Waals surface area (Å²) >= 11 is 0. The molecule has 120 valence electrons. The minimum absolute atomic E-state index is 0.169. The van der Waals surface area contributed by atoms with Gasteiger partial charge in [0.25, 0.3) is 0 Å². The Balaban J connectivity index is 2.50. The van der Waals surface area contributed by atoms with Gasteiger partial charge in [0.2, 0.25) is 5.88 Å². The van der Waals surface area contributed by atoms with Crippen molar-refractivity contribution in [3.05, 3.63) is 36.0 Å². The molecule has 4 nitrogen and oxygen atoms in total. The lowest BCUT2D eigenvalue weighted by atomic mass is 10.1. The number of alkyl halides is 6. The maximum Gasteiger partial charge on any atom is 0.534 e. The lowest BCUT2D eigenvalue weighted by Gasteiger charge is -2.12. The van der Waals surface area contributed by atoms with Crippen molar-refractivity contribution in [1.82, 2.24) is 4.98 Å². The van der Waals surface area contributed by atoms with Gasteiger partial charge in [-0.15, -0.1) is 0 Å². The maximum atomic E-state index is 12.7. The van der Waals surface area contributed by atoms with Crippen molar-refractivity contribution >= 4 is 20.9 Å². The molecule has 0 saturated carbocycles. The lowest BCUT2D eigenvalue weighted by Crippen LogP contribution is -2.28. The third kappa shape index (κ3) is 3.08. The Morgan fingerprint density at radius 1 is 1.05 bits per heavy atom. The first-order chi connectivity index (χ1) is 9.92. The van der Waals surface area contributed by atoms with Gasteiger partial charge in [0, 0.05) is 17.6 Å².